The molecule has 0 amide bonds. The number of halogens is 1. The van der Waals surface area contributed by atoms with Gasteiger partial charge in [-0.2, -0.15) is 0 Å². The lowest BCUT2D eigenvalue weighted by Crippen LogP contribution is -3.00. The summed E-state index contributed by atoms with van der Waals surface area (Å²) in [6.45, 7) is 1.10. The van der Waals surface area contributed by atoms with E-state index in [1.54, 1.807) is 7.11 Å². The average Bonchev–Trinajstić information content (AvgIpc) is 2.17. The summed E-state index contributed by atoms with van der Waals surface area (Å²) >= 11 is 0. The fourth-order valence-electron chi connectivity index (χ4n) is 1.58. The topological polar surface area (TPSA) is 21.3 Å². The molecule has 0 unspecified atom stereocenters. The summed E-state index contributed by atoms with van der Waals surface area (Å²) < 4.78 is 5.15. The molecule has 1 aliphatic rings. The van der Waals surface area contributed by atoms with Crippen LogP contribution in [0.15, 0.2) is 18.2 Å². The highest BCUT2D eigenvalue weighted by Crippen LogP contribution is 2.25. The van der Waals surface area contributed by atoms with E-state index in [1.165, 1.54) is 24.1 Å². The van der Waals surface area contributed by atoms with Crippen LogP contribution in [-0.4, -0.2) is 13.7 Å². The fourth-order valence-corrected chi connectivity index (χ4v) is 1.58. The molecule has 1 aliphatic heterocycles. The van der Waals surface area contributed by atoms with Crippen LogP contribution in [0, 0.1) is 0 Å². The number of anilines is 1. The van der Waals surface area contributed by atoms with Crippen molar-refractivity contribution >= 4 is 5.69 Å². The lowest BCUT2D eigenvalue weighted by Gasteiger charge is -2.18. The van der Waals surface area contributed by atoms with E-state index in [9.17, 15) is 0 Å². The maximum absolute atomic E-state index is 5.15. The number of nitrogens with one attached hydrogen (secondary N) is 1. The van der Waals surface area contributed by atoms with Crippen molar-refractivity contribution in [1.82, 2.24) is 0 Å². The van der Waals surface area contributed by atoms with Crippen molar-refractivity contribution in [2.75, 3.05) is 19.0 Å². The van der Waals surface area contributed by atoms with Gasteiger partial charge < -0.3 is 27.0 Å². The van der Waals surface area contributed by atoms with Crippen molar-refractivity contribution < 1.29 is 21.7 Å². The molecule has 2 nitrogen and oxygen atoms in total. The van der Waals surface area contributed by atoms with Crippen LogP contribution in [0.1, 0.15) is 12.0 Å². The fraction of sp³-hybridized carbons (Fsp3) is 0.400. The van der Waals surface area contributed by atoms with E-state index in [1.807, 2.05) is 6.07 Å². The molecule has 0 aromatic heterocycles. The van der Waals surface area contributed by atoms with Gasteiger partial charge in [0.15, 0.2) is 0 Å². The zero-order chi connectivity index (χ0) is 8.39. The Balaban J connectivity index is 0.000000845. The molecule has 13 heavy (non-hydrogen) atoms. The van der Waals surface area contributed by atoms with Gasteiger partial charge in [0.2, 0.25) is 0 Å². The lowest BCUT2D eigenvalue weighted by atomic mass is 10.0. The molecule has 1 N–H and O–H groups in total. The lowest BCUT2D eigenvalue weighted by molar-refractivity contribution is -0.00000275. The molecule has 1 aromatic carbocycles. The number of aryl methyl sites for hydroxylation is 1. The average molecular weight is 243 g/mol. The van der Waals surface area contributed by atoms with Crippen molar-refractivity contribution in [3.63, 3.8) is 0 Å². The van der Waals surface area contributed by atoms with E-state index in [-0.39, 0.29) is 17.0 Å². The summed E-state index contributed by atoms with van der Waals surface area (Å²) in [6, 6.07) is 6.20. The Bertz CT molecular complexity index is 288. The standard InChI is InChI=1S/C10H13NO.BrH/c1-12-9-4-5-10-8(7-9)3-2-6-11-10;/h4-5,7,11H,2-3,6H2,1H3;1H/p-1. The van der Waals surface area contributed by atoms with Crippen LogP contribution in [-0.2, 0) is 6.42 Å². The van der Waals surface area contributed by atoms with E-state index in [0.29, 0.717) is 0 Å². The minimum atomic E-state index is 0. The molecule has 1 heterocycles. The summed E-state index contributed by atoms with van der Waals surface area (Å²) in [5.74, 6) is 0.956. The second-order valence-corrected chi connectivity index (χ2v) is 3.05. The molecule has 0 bridgehead atoms. The van der Waals surface area contributed by atoms with Crippen molar-refractivity contribution in [2.24, 2.45) is 0 Å². The predicted octanol–water partition coefficient (Wildman–Crippen LogP) is -0.943. The van der Waals surface area contributed by atoms with Crippen LogP contribution in [0.4, 0.5) is 5.69 Å². The molecule has 1 aromatic rings. The Labute approximate surface area is 89.1 Å². The van der Waals surface area contributed by atoms with Gasteiger partial charge in [-0.25, -0.2) is 0 Å². The van der Waals surface area contributed by atoms with Crippen LogP contribution in [0.5, 0.6) is 5.75 Å². The second kappa shape index (κ2) is 4.51. The van der Waals surface area contributed by atoms with Crippen molar-refractivity contribution in [2.45, 2.75) is 12.8 Å². The number of benzene rings is 1. The quantitative estimate of drug-likeness (QED) is 0.687. The summed E-state index contributed by atoms with van der Waals surface area (Å²) in [5.41, 5.74) is 2.64. The number of ether oxygens (including phenoxy) is 1. The molecular formula is C10H13BrNO-. The van der Waals surface area contributed by atoms with Crippen molar-refractivity contribution in [1.29, 1.82) is 0 Å². The highest BCUT2D eigenvalue weighted by Gasteiger charge is 2.08. The maximum Gasteiger partial charge on any atom is 0.119 e. The van der Waals surface area contributed by atoms with E-state index in [4.69, 9.17) is 4.74 Å². The largest absolute Gasteiger partial charge is 1.00 e. The van der Waals surface area contributed by atoms with Gasteiger partial charge in [-0.05, 0) is 36.6 Å². The van der Waals surface area contributed by atoms with Crippen LogP contribution in [0.2, 0.25) is 0 Å². The molecule has 0 fully saturated rings. The smallest absolute Gasteiger partial charge is 0.119 e. The molecule has 2 rings (SSSR count). The van der Waals surface area contributed by atoms with E-state index in [0.717, 1.165) is 12.3 Å². The van der Waals surface area contributed by atoms with Gasteiger partial charge in [-0.3, -0.25) is 0 Å². The van der Waals surface area contributed by atoms with Gasteiger partial charge in [-0.15, -0.1) is 0 Å². The molecule has 0 spiro atoms. The molecular weight excluding hydrogens is 230 g/mol. The third-order valence-electron chi connectivity index (χ3n) is 2.25. The van der Waals surface area contributed by atoms with Crippen LogP contribution >= 0.6 is 0 Å². The van der Waals surface area contributed by atoms with Gasteiger partial charge in [-0.1, -0.05) is 0 Å². The highest BCUT2D eigenvalue weighted by molar-refractivity contribution is 5.55. The van der Waals surface area contributed by atoms with Gasteiger partial charge in [0.25, 0.3) is 0 Å². The van der Waals surface area contributed by atoms with E-state index >= 15 is 0 Å². The van der Waals surface area contributed by atoms with Crippen LogP contribution in [0.25, 0.3) is 0 Å². The summed E-state index contributed by atoms with van der Waals surface area (Å²) in [5, 5.41) is 3.36. The monoisotopic (exact) mass is 242 g/mol. The van der Waals surface area contributed by atoms with Gasteiger partial charge in [0, 0.05) is 12.2 Å². The third-order valence-corrected chi connectivity index (χ3v) is 2.25. The van der Waals surface area contributed by atoms with Crippen molar-refractivity contribution in [3.8, 4) is 5.75 Å². The van der Waals surface area contributed by atoms with E-state index < -0.39 is 0 Å². The molecule has 0 saturated carbocycles. The highest BCUT2D eigenvalue weighted by atomic mass is 79.9. The predicted molar refractivity (Wildman–Crippen MR) is 49.8 cm³/mol. The number of fused-ring (bicyclic) bond motifs is 1. The first-order chi connectivity index (χ1) is 5.90. The molecule has 3 heteroatoms. The van der Waals surface area contributed by atoms with Gasteiger partial charge in [0.1, 0.15) is 5.75 Å². The van der Waals surface area contributed by atoms with Crippen LogP contribution < -0.4 is 27.0 Å². The number of hydrogen-bond acceptors (Lipinski definition) is 2. The van der Waals surface area contributed by atoms with Gasteiger partial charge in [0.05, 0.1) is 7.11 Å². The first-order valence-electron chi connectivity index (χ1n) is 4.31. The normalized spacial score (nSPS) is 13.6. The Morgan fingerprint density at radius 2 is 2.23 bits per heavy atom. The van der Waals surface area contributed by atoms with Gasteiger partial charge >= 0.3 is 0 Å². The molecule has 0 atom stereocenters. The summed E-state index contributed by atoms with van der Waals surface area (Å²) in [6.07, 6.45) is 2.39. The zero-order valence-corrected chi connectivity index (χ0v) is 9.23. The van der Waals surface area contributed by atoms with E-state index in [2.05, 4.69) is 17.4 Å². The molecule has 0 saturated heterocycles. The number of methoxy groups -OCH3 is 1. The summed E-state index contributed by atoms with van der Waals surface area (Å²) in [7, 11) is 1.71. The Kier molecular flexibility index (Phi) is 3.60. The second-order valence-electron chi connectivity index (χ2n) is 3.05. The number of hydrogen-bond donors (Lipinski definition) is 1. The first-order valence-corrected chi connectivity index (χ1v) is 4.31. The molecule has 0 radical (unpaired) electrons. The molecule has 0 aliphatic carbocycles. The molecule has 72 valence electrons. The van der Waals surface area contributed by atoms with Crippen molar-refractivity contribution in [3.05, 3.63) is 23.8 Å². The zero-order valence-electron chi connectivity index (χ0n) is 7.64. The SMILES string of the molecule is COc1ccc2c(c1)CCCN2.[Br-]. The number of rotatable bonds is 1. The summed E-state index contributed by atoms with van der Waals surface area (Å²) in [4.78, 5) is 0. The minimum absolute atomic E-state index is 0. The Morgan fingerprint density at radius 3 is 3.00 bits per heavy atom. The first kappa shape index (κ1) is 10.4. The minimum Gasteiger partial charge on any atom is -1.00 e. The Hall–Kier alpha value is -0.700. The third kappa shape index (κ3) is 2.15. The Morgan fingerprint density at radius 1 is 1.38 bits per heavy atom. The van der Waals surface area contributed by atoms with Crippen LogP contribution in [0.3, 0.4) is 0 Å². The maximum atomic E-state index is 5.15.